The zero-order chi connectivity index (χ0) is 15.3. The molecule has 1 aromatic carbocycles. The fourth-order valence-corrected chi connectivity index (χ4v) is 2.77. The van der Waals surface area contributed by atoms with Crippen LogP contribution in [0.1, 0.15) is 42.1 Å². The van der Waals surface area contributed by atoms with Crippen molar-refractivity contribution < 1.29 is 13.2 Å². The molecule has 1 amide bonds. The van der Waals surface area contributed by atoms with Crippen LogP contribution in [0.15, 0.2) is 23.1 Å². The number of hydrogen-bond donors (Lipinski definition) is 0. The van der Waals surface area contributed by atoms with Gasteiger partial charge in [0.2, 0.25) is 0 Å². The lowest BCUT2D eigenvalue weighted by Crippen LogP contribution is -2.28. The fourth-order valence-electron chi connectivity index (χ4n) is 1.93. The number of unbranched alkanes of at least 4 members (excludes halogenated alkanes) is 2. The highest BCUT2D eigenvalue weighted by Crippen LogP contribution is 2.20. The van der Waals surface area contributed by atoms with Gasteiger partial charge in [0.25, 0.3) is 15.0 Å². The second kappa shape index (κ2) is 7.09. The van der Waals surface area contributed by atoms with E-state index < -0.39 is 9.05 Å². The first-order valence-corrected chi connectivity index (χ1v) is 8.89. The van der Waals surface area contributed by atoms with Crippen LogP contribution in [-0.4, -0.2) is 32.8 Å². The number of halogens is 1. The number of carbonyl (C=O) groups is 1. The van der Waals surface area contributed by atoms with Crippen LogP contribution >= 0.6 is 10.7 Å². The third-order valence-electron chi connectivity index (χ3n) is 3.15. The molecule has 0 radical (unpaired) electrons. The molecule has 0 fully saturated rings. The Kier molecular flexibility index (Phi) is 6.02. The minimum atomic E-state index is -3.76. The number of nitrogens with zero attached hydrogens (tertiary/aromatic N) is 1. The van der Waals surface area contributed by atoms with Gasteiger partial charge in [0.15, 0.2) is 0 Å². The van der Waals surface area contributed by atoms with Crippen molar-refractivity contribution in [3.05, 3.63) is 29.3 Å². The summed E-state index contributed by atoms with van der Waals surface area (Å²) >= 11 is 0. The molecular weight excluding hydrogens is 298 g/mol. The van der Waals surface area contributed by atoms with Crippen molar-refractivity contribution in [3.8, 4) is 0 Å². The van der Waals surface area contributed by atoms with Crippen LogP contribution in [0.3, 0.4) is 0 Å². The molecule has 1 rings (SSSR count). The fraction of sp³-hybridized carbons (Fsp3) is 0.500. The zero-order valence-corrected chi connectivity index (χ0v) is 13.6. The lowest BCUT2D eigenvalue weighted by Gasteiger charge is -2.18. The summed E-state index contributed by atoms with van der Waals surface area (Å²) in [5.74, 6) is -0.0999. The predicted octanol–water partition coefficient (Wildman–Crippen LogP) is 3.18. The Morgan fingerprint density at radius 2 is 1.95 bits per heavy atom. The average molecular weight is 318 g/mol. The Bertz CT molecular complexity index is 584. The summed E-state index contributed by atoms with van der Waals surface area (Å²) in [5, 5.41) is 0. The lowest BCUT2D eigenvalue weighted by atomic mass is 10.1. The van der Waals surface area contributed by atoms with E-state index in [1.807, 2.05) is 0 Å². The van der Waals surface area contributed by atoms with E-state index in [1.54, 1.807) is 18.9 Å². The van der Waals surface area contributed by atoms with Crippen LogP contribution in [0.4, 0.5) is 0 Å². The molecule has 0 aromatic heterocycles. The maximum Gasteiger partial charge on any atom is 0.261 e. The van der Waals surface area contributed by atoms with Gasteiger partial charge in [-0.05, 0) is 37.1 Å². The first-order chi connectivity index (χ1) is 9.27. The normalized spacial score (nSPS) is 11.4. The van der Waals surface area contributed by atoms with Gasteiger partial charge in [-0.25, -0.2) is 8.42 Å². The number of aryl methyl sites for hydroxylation is 1. The van der Waals surface area contributed by atoms with E-state index >= 15 is 0 Å². The molecule has 0 spiro atoms. The van der Waals surface area contributed by atoms with E-state index in [0.29, 0.717) is 17.7 Å². The van der Waals surface area contributed by atoms with E-state index in [2.05, 4.69) is 6.92 Å². The van der Waals surface area contributed by atoms with Crippen LogP contribution < -0.4 is 0 Å². The molecule has 0 aliphatic carbocycles. The lowest BCUT2D eigenvalue weighted by molar-refractivity contribution is 0.0792. The summed E-state index contributed by atoms with van der Waals surface area (Å²) in [6.07, 6.45) is 3.15. The number of amides is 1. The van der Waals surface area contributed by atoms with Gasteiger partial charge in [0, 0.05) is 29.8 Å². The minimum Gasteiger partial charge on any atom is -0.342 e. The Balaban J connectivity index is 2.89. The summed E-state index contributed by atoms with van der Waals surface area (Å²) in [7, 11) is 3.28. The van der Waals surface area contributed by atoms with Gasteiger partial charge in [-0.3, -0.25) is 4.79 Å². The second-order valence-electron chi connectivity index (χ2n) is 4.85. The quantitative estimate of drug-likeness (QED) is 0.598. The molecule has 0 saturated carbocycles. The standard InChI is InChI=1S/C14H20ClNO3S/c1-4-5-6-9-16(3)14(17)13-8-7-12(10-11(13)2)20(15,18)19/h7-8,10H,4-6,9H2,1-3H3. The Labute approximate surface area is 125 Å². The van der Waals surface area contributed by atoms with Gasteiger partial charge in [-0.15, -0.1) is 0 Å². The van der Waals surface area contributed by atoms with Crippen molar-refractivity contribution in [2.24, 2.45) is 0 Å². The van der Waals surface area contributed by atoms with E-state index in [4.69, 9.17) is 10.7 Å². The maximum absolute atomic E-state index is 12.3. The van der Waals surface area contributed by atoms with Crippen molar-refractivity contribution in [2.75, 3.05) is 13.6 Å². The second-order valence-corrected chi connectivity index (χ2v) is 7.41. The van der Waals surface area contributed by atoms with Gasteiger partial charge in [0.1, 0.15) is 0 Å². The largest absolute Gasteiger partial charge is 0.342 e. The summed E-state index contributed by atoms with van der Waals surface area (Å²) < 4.78 is 22.5. The number of carbonyl (C=O) groups excluding carboxylic acids is 1. The van der Waals surface area contributed by atoms with Crippen LogP contribution in [0.2, 0.25) is 0 Å². The molecule has 0 atom stereocenters. The molecule has 0 heterocycles. The molecular formula is C14H20ClNO3S. The topological polar surface area (TPSA) is 54.5 Å². The number of benzene rings is 1. The molecule has 1 aromatic rings. The maximum atomic E-state index is 12.3. The van der Waals surface area contributed by atoms with Crippen molar-refractivity contribution in [1.29, 1.82) is 0 Å². The SMILES string of the molecule is CCCCCN(C)C(=O)c1ccc(S(=O)(=O)Cl)cc1C. The van der Waals surface area contributed by atoms with Gasteiger partial charge in [-0.2, -0.15) is 0 Å². The Hall–Kier alpha value is -1.07. The van der Waals surface area contributed by atoms with E-state index in [9.17, 15) is 13.2 Å². The van der Waals surface area contributed by atoms with Crippen molar-refractivity contribution in [3.63, 3.8) is 0 Å². The monoisotopic (exact) mass is 317 g/mol. The van der Waals surface area contributed by atoms with Gasteiger partial charge in [-0.1, -0.05) is 19.8 Å². The molecule has 0 unspecified atom stereocenters. The van der Waals surface area contributed by atoms with Crippen LogP contribution in [0.5, 0.6) is 0 Å². The van der Waals surface area contributed by atoms with Crippen LogP contribution in [-0.2, 0) is 9.05 Å². The average Bonchev–Trinajstić information content (AvgIpc) is 2.37. The van der Waals surface area contributed by atoms with Gasteiger partial charge < -0.3 is 4.90 Å². The van der Waals surface area contributed by atoms with E-state index in [-0.39, 0.29) is 10.8 Å². The first-order valence-electron chi connectivity index (χ1n) is 6.58. The minimum absolute atomic E-state index is 0.0156. The molecule has 4 nitrogen and oxygen atoms in total. The summed E-state index contributed by atoms with van der Waals surface area (Å²) in [4.78, 5) is 13.9. The predicted molar refractivity (Wildman–Crippen MR) is 80.7 cm³/mol. The highest BCUT2D eigenvalue weighted by Gasteiger charge is 2.17. The van der Waals surface area contributed by atoms with Gasteiger partial charge >= 0.3 is 0 Å². The first kappa shape index (κ1) is 17.0. The molecule has 0 aliphatic heterocycles. The number of rotatable bonds is 6. The molecule has 0 N–H and O–H groups in total. The van der Waals surface area contributed by atoms with Crippen molar-refractivity contribution in [1.82, 2.24) is 4.90 Å². The van der Waals surface area contributed by atoms with E-state index in [0.717, 1.165) is 19.3 Å². The zero-order valence-electron chi connectivity index (χ0n) is 12.0. The van der Waals surface area contributed by atoms with E-state index in [1.165, 1.54) is 18.2 Å². The van der Waals surface area contributed by atoms with Crippen LogP contribution in [0.25, 0.3) is 0 Å². The Morgan fingerprint density at radius 1 is 1.30 bits per heavy atom. The smallest absolute Gasteiger partial charge is 0.261 e. The van der Waals surface area contributed by atoms with Crippen LogP contribution in [0, 0.1) is 6.92 Å². The molecule has 0 saturated heterocycles. The third kappa shape index (κ3) is 4.49. The highest BCUT2D eigenvalue weighted by atomic mass is 35.7. The summed E-state index contributed by atoms with van der Waals surface area (Å²) in [6, 6.07) is 4.31. The molecule has 0 aliphatic rings. The van der Waals surface area contributed by atoms with Crippen molar-refractivity contribution >= 4 is 25.6 Å². The molecule has 112 valence electrons. The van der Waals surface area contributed by atoms with Gasteiger partial charge in [0.05, 0.1) is 4.90 Å². The summed E-state index contributed by atoms with van der Waals surface area (Å²) in [6.45, 7) is 4.51. The molecule has 20 heavy (non-hydrogen) atoms. The summed E-state index contributed by atoms with van der Waals surface area (Å²) in [5.41, 5.74) is 1.12. The Morgan fingerprint density at radius 3 is 2.45 bits per heavy atom. The highest BCUT2D eigenvalue weighted by molar-refractivity contribution is 8.13. The third-order valence-corrected chi connectivity index (χ3v) is 4.51. The molecule has 6 heteroatoms. The van der Waals surface area contributed by atoms with Crippen molar-refractivity contribution in [2.45, 2.75) is 38.0 Å². The number of hydrogen-bond acceptors (Lipinski definition) is 3. The molecule has 0 bridgehead atoms.